The maximum atomic E-state index is 11.9. The van der Waals surface area contributed by atoms with E-state index in [1.165, 1.54) is 0 Å². The summed E-state index contributed by atoms with van der Waals surface area (Å²) >= 11 is 0. The second-order valence-electron chi connectivity index (χ2n) is 4.70. The molecule has 6 nitrogen and oxygen atoms in total. The van der Waals surface area contributed by atoms with Crippen molar-refractivity contribution in [2.75, 3.05) is 5.32 Å². The standard InChI is InChI=1S/C15H14N4O2/c1-9-14(10(2)21-19-9)11-6-13(15(20)17-7-11)18-12-4-3-5-16-8-12/h3-8,18H,1-2H3,(H,17,20). The van der Waals surface area contributed by atoms with Gasteiger partial charge in [-0.2, -0.15) is 0 Å². The van der Waals surface area contributed by atoms with Crippen LogP contribution in [0.4, 0.5) is 11.4 Å². The molecule has 0 aliphatic rings. The molecule has 0 bridgehead atoms. The van der Waals surface area contributed by atoms with Crippen LogP contribution in [0.3, 0.4) is 0 Å². The summed E-state index contributed by atoms with van der Waals surface area (Å²) in [7, 11) is 0. The zero-order valence-electron chi connectivity index (χ0n) is 11.7. The minimum Gasteiger partial charge on any atom is -0.361 e. The lowest BCUT2D eigenvalue weighted by atomic mass is 10.1. The smallest absolute Gasteiger partial charge is 0.271 e. The van der Waals surface area contributed by atoms with Crippen LogP contribution in [0.1, 0.15) is 11.5 Å². The number of nitrogens with zero attached hydrogens (tertiary/aromatic N) is 2. The molecule has 21 heavy (non-hydrogen) atoms. The lowest BCUT2D eigenvalue weighted by Gasteiger charge is -2.07. The van der Waals surface area contributed by atoms with E-state index in [4.69, 9.17) is 4.52 Å². The normalized spacial score (nSPS) is 10.6. The molecule has 3 rings (SSSR count). The first-order valence-corrected chi connectivity index (χ1v) is 6.48. The molecule has 0 fully saturated rings. The van der Waals surface area contributed by atoms with Gasteiger partial charge in [-0.25, -0.2) is 0 Å². The van der Waals surface area contributed by atoms with Crippen LogP contribution in [-0.2, 0) is 0 Å². The summed E-state index contributed by atoms with van der Waals surface area (Å²) in [5, 5.41) is 6.99. The first-order valence-electron chi connectivity index (χ1n) is 6.48. The molecule has 0 aliphatic heterocycles. The van der Waals surface area contributed by atoms with E-state index in [2.05, 4.69) is 20.4 Å². The van der Waals surface area contributed by atoms with Gasteiger partial charge in [0.2, 0.25) is 0 Å². The van der Waals surface area contributed by atoms with Crippen LogP contribution in [0.5, 0.6) is 0 Å². The van der Waals surface area contributed by atoms with Crippen LogP contribution in [0.2, 0.25) is 0 Å². The molecule has 0 radical (unpaired) electrons. The van der Waals surface area contributed by atoms with E-state index in [1.54, 1.807) is 30.7 Å². The Morgan fingerprint density at radius 1 is 1.33 bits per heavy atom. The Labute approximate surface area is 120 Å². The summed E-state index contributed by atoms with van der Waals surface area (Å²) in [5.74, 6) is 0.715. The molecule has 0 unspecified atom stereocenters. The molecule has 0 saturated heterocycles. The molecule has 0 aliphatic carbocycles. The zero-order valence-corrected chi connectivity index (χ0v) is 11.7. The maximum absolute atomic E-state index is 11.9. The third-order valence-electron chi connectivity index (χ3n) is 3.17. The lowest BCUT2D eigenvalue weighted by Crippen LogP contribution is -2.11. The fraction of sp³-hybridized carbons (Fsp3) is 0.133. The monoisotopic (exact) mass is 282 g/mol. The van der Waals surface area contributed by atoms with Gasteiger partial charge in [-0.05, 0) is 32.0 Å². The summed E-state index contributed by atoms with van der Waals surface area (Å²) in [6, 6.07) is 5.42. The van der Waals surface area contributed by atoms with Crippen molar-refractivity contribution in [1.82, 2.24) is 15.1 Å². The predicted octanol–water partition coefficient (Wildman–Crippen LogP) is 2.79. The predicted molar refractivity (Wildman–Crippen MR) is 79.6 cm³/mol. The van der Waals surface area contributed by atoms with Crippen molar-refractivity contribution in [2.24, 2.45) is 0 Å². The number of rotatable bonds is 3. The minimum atomic E-state index is -0.200. The SMILES string of the molecule is Cc1noc(C)c1-c1c[nH]c(=O)c(Nc2cccnc2)c1. The molecule has 0 amide bonds. The third-order valence-corrected chi connectivity index (χ3v) is 3.17. The summed E-state index contributed by atoms with van der Waals surface area (Å²) in [6.07, 6.45) is 4.99. The molecule has 6 heteroatoms. The van der Waals surface area contributed by atoms with Crippen molar-refractivity contribution in [3.63, 3.8) is 0 Å². The number of pyridine rings is 2. The van der Waals surface area contributed by atoms with Gasteiger partial charge in [0.1, 0.15) is 11.4 Å². The first-order chi connectivity index (χ1) is 10.1. The fourth-order valence-electron chi connectivity index (χ4n) is 2.21. The van der Waals surface area contributed by atoms with Gasteiger partial charge in [0.15, 0.2) is 0 Å². The summed E-state index contributed by atoms with van der Waals surface area (Å²) in [5.41, 5.74) is 3.51. The van der Waals surface area contributed by atoms with E-state index in [0.717, 1.165) is 22.5 Å². The van der Waals surface area contributed by atoms with Gasteiger partial charge in [-0.3, -0.25) is 9.78 Å². The first kappa shape index (κ1) is 13.1. The molecule has 3 aromatic rings. The molecular weight excluding hydrogens is 268 g/mol. The highest BCUT2D eigenvalue weighted by Gasteiger charge is 2.13. The molecule has 0 saturated carbocycles. The Balaban J connectivity index is 2.03. The van der Waals surface area contributed by atoms with Crippen LogP contribution in [-0.4, -0.2) is 15.1 Å². The summed E-state index contributed by atoms with van der Waals surface area (Å²) in [4.78, 5) is 18.7. The van der Waals surface area contributed by atoms with E-state index in [9.17, 15) is 4.79 Å². The number of anilines is 2. The largest absolute Gasteiger partial charge is 0.361 e. The molecule has 2 N–H and O–H groups in total. The molecule has 0 atom stereocenters. The van der Waals surface area contributed by atoms with E-state index in [0.29, 0.717) is 11.4 Å². The average molecular weight is 282 g/mol. The highest BCUT2D eigenvalue weighted by Crippen LogP contribution is 2.27. The van der Waals surface area contributed by atoms with E-state index in [-0.39, 0.29) is 5.56 Å². The lowest BCUT2D eigenvalue weighted by molar-refractivity contribution is 0.393. The van der Waals surface area contributed by atoms with Crippen molar-refractivity contribution in [3.05, 3.63) is 58.6 Å². The Kier molecular flexibility index (Phi) is 3.27. The van der Waals surface area contributed by atoms with Crippen molar-refractivity contribution in [2.45, 2.75) is 13.8 Å². The fourth-order valence-corrected chi connectivity index (χ4v) is 2.21. The number of hydrogen-bond donors (Lipinski definition) is 2. The summed E-state index contributed by atoms with van der Waals surface area (Å²) < 4.78 is 5.17. The highest BCUT2D eigenvalue weighted by atomic mass is 16.5. The zero-order chi connectivity index (χ0) is 14.8. The third kappa shape index (κ3) is 2.55. The number of aromatic nitrogens is 3. The molecule has 0 aromatic carbocycles. The quantitative estimate of drug-likeness (QED) is 0.771. The Morgan fingerprint density at radius 2 is 2.19 bits per heavy atom. The van der Waals surface area contributed by atoms with Gasteiger partial charge in [0, 0.05) is 23.5 Å². The average Bonchev–Trinajstić information content (AvgIpc) is 2.82. The van der Waals surface area contributed by atoms with Crippen LogP contribution in [0.15, 0.2) is 46.1 Å². The number of H-pyrrole nitrogens is 1. The van der Waals surface area contributed by atoms with Crippen LogP contribution in [0, 0.1) is 13.8 Å². The number of aryl methyl sites for hydroxylation is 2. The van der Waals surface area contributed by atoms with E-state index < -0.39 is 0 Å². The molecule has 0 spiro atoms. The number of hydrogen-bond acceptors (Lipinski definition) is 5. The number of aromatic amines is 1. The summed E-state index contributed by atoms with van der Waals surface area (Å²) in [6.45, 7) is 3.71. The molecule has 3 heterocycles. The number of nitrogens with one attached hydrogen (secondary N) is 2. The van der Waals surface area contributed by atoms with E-state index in [1.807, 2.05) is 19.9 Å². The van der Waals surface area contributed by atoms with Crippen molar-refractivity contribution < 1.29 is 4.52 Å². The highest BCUT2D eigenvalue weighted by molar-refractivity contribution is 5.71. The van der Waals surface area contributed by atoms with Crippen LogP contribution in [0.25, 0.3) is 11.1 Å². The Morgan fingerprint density at radius 3 is 2.86 bits per heavy atom. The second-order valence-corrected chi connectivity index (χ2v) is 4.70. The molecule has 3 aromatic heterocycles. The van der Waals surface area contributed by atoms with Crippen molar-refractivity contribution in [3.8, 4) is 11.1 Å². The van der Waals surface area contributed by atoms with Gasteiger partial charge < -0.3 is 14.8 Å². The van der Waals surface area contributed by atoms with Gasteiger partial charge >= 0.3 is 0 Å². The van der Waals surface area contributed by atoms with Crippen molar-refractivity contribution >= 4 is 11.4 Å². The van der Waals surface area contributed by atoms with Crippen LogP contribution >= 0.6 is 0 Å². The Bertz CT molecular complexity index is 802. The van der Waals surface area contributed by atoms with Gasteiger partial charge in [0.05, 0.1) is 17.6 Å². The molecule has 106 valence electrons. The molecular formula is C15H14N4O2. The van der Waals surface area contributed by atoms with Gasteiger partial charge in [0.25, 0.3) is 5.56 Å². The van der Waals surface area contributed by atoms with Gasteiger partial charge in [-0.1, -0.05) is 5.16 Å². The topological polar surface area (TPSA) is 83.8 Å². The second kappa shape index (κ2) is 5.24. The Hall–Kier alpha value is -2.89. The maximum Gasteiger partial charge on any atom is 0.271 e. The van der Waals surface area contributed by atoms with Gasteiger partial charge in [-0.15, -0.1) is 0 Å². The minimum absolute atomic E-state index is 0.200. The van der Waals surface area contributed by atoms with Crippen molar-refractivity contribution in [1.29, 1.82) is 0 Å². The van der Waals surface area contributed by atoms with E-state index >= 15 is 0 Å². The van der Waals surface area contributed by atoms with Crippen LogP contribution < -0.4 is 10.9 Å².